The van der Waals surface area contributed by atoms with Crippen molar-refractivity contribution in [2.45, 2.75) is 58.0 Å². The molecule has 3 unspecified atom stereocenters. The molecule has 0 N–H and O–H groups in total. The van der Waals surface area contributed by atoms with E-state index in [4.69, 9.17) is 9.47 Å². The molecule has 22 heavy (non-hydrogen) atoms. The molecule has 2 saturated heterocycles. The highest BCUT2D eigenvalue weighted by Gasteiger charge is 2.30. The van der Waals surface area contributed by atoms with E-state index >= 15 is 0 Å². The molecular formula is C14H21N3O5. The highest BCUT2D eigenvalue weighted by molar-refractivity contribution is 4.87. The molecule has 122 valence electrons. The van der Waals surface area contributed by atoms with Crippen LogP contribution in [0, 0.1) is 0 Å². The van der Waals surface area contributed by atoms with E-state index in [0.29, 0.717) is 19.6 Å². The Bertz CT molecular complexity index is 736. The number of rotatable bonds is 6. The first-order chi connectivity index (χ1) is 10.4. The molecule has 0 radical (unpaired) electrons. The van der Waals surface area contributed by atoms with E-state index in [1.807, 2.05) is 0 Å². The summed E-state index contributed by atoms with van der Waals surface area (Å²) in [4.78, 5) is 37.7. The lowest BCUT2D eigenvalue weighted by Crippen LogP contribution is -2.56. The minimum atomic E-state index is -0.563. The van der Waals surface area contributed by atoms with Gasteiger partial charge in [0.25, 0.3) is 0 Å². The van der Waals surface area contributed by atoms with Gasteiger partial charge in [-0.3, -0.25) is 0 Å². The summed E-state index contributed by atoms with van der Waals surface area (Å²) in [6.45, 7) is 6.70. The van der Waals surface area contributed by atoms with Crippen molar-refractivity contribution in [3.8, 4) is 0 Å². The van der Waals surface area contributed by atoms with Gasteiger partial charge < -0.3 is 9.47 Å². The molecule has 0 aromatic carbocycles. The van der Waals surface area contributed by atoms with Crippen molar-refractivity contribution in [3.63, 3.8) is 0 Å². The molecule has 3 heterocycles. The molecule has 2 fully saturated rings. The lowest BCUT2D eigenvalue weighted by atomic mass is 10.2. The molecule has 1 aromatic heterocycles. The van der Waals surface area contributed by atoms with Crippen molar-refractivity contribution in [2.24, 2.45) is 0 Å². The van der Waals surface area contributed by atoms with Gasteiger partial charge in [0.1, 0.15) is 0 Å². The zero-order valence-corrected chi connectivity index (χ0v) is 13.0. The third-order valence-corrected chi connectivity index (χ3v) is 4.04. The van der Waals surface area contributed by atoms with Crippen LogP contribution < -0.4 is 17.1 Å². The first-order valence-electron chi connectivity index (χ1n) is 7.61. The third kappa shape index (κ3) is 2.80. The number of hydrogen-bond acceptors (Lipinski definition) is 5. The van der Waals surface area contributed by atoms with Crippen LogP contribution in [0.5, 0.6) is 0 Å². The van der Waals surface area contributed by atoms with Crippen molar-refractivity contribution >= 4 is 0 Å². The Morgan fingerprint density at radius 2 is 1.50 bits per heavy atom. The SMILES string of the molecule is CC(C)n1c(=O)n(CC2CO2)c(=O)n(C(C)CC2CO2)c1=O. The molecule has 8 nitrogen and oxygen atoms in total. The Morgan fingerprint density at radius 1 is 0.955 bits per heavy atom. The van der Waals surface area contributed by atoms with Gasteiger partial charge in [-0.25, -0.2) is 28.1 Å². The van der Waals surface area contributed by atoms with Crippen molar-refractivity contribution in [2.75, 3.05) is 13.2 Å². The summed E-state index contributed by atoms with van der Waals surface area (Å²) in [6, 6.07) is -0.632. The number of ether oxygens (including phenoxy) is 2. The summed E-state index contributed by atoms with van der Waals surface area (Å²) in [6.07, 6.45) is 0.575. The minimum absolute atomic E-state index is 0.0981. The first kappa shape index (κ1) is 15.2. The summed E-state index contributed by atoms with van der Waals surface area (Å²) in [5.74, 6) is 0. The maximum atomic E-state index is 12.6. The van der Waals surface area contributed by atoms with Crippen LogP contribution >= 0.6 is 0 Å². The van der Waals surface area contributed by atoms with Crippen LogP contribution in [0.1, 0.15) is 39.3 Å². The van der Waals surface area contributed by atoms with E-state index in [9.17, 15) is 14.4 Å². The van der Waals surface area contributed by atoms with Crippen LogP contribution in [-0.2, 0) is 16.0 Å². The monoisotopic (exact) mass is 311 g/mol. The van der Waals surface area contributed by atoms with Crippen LogP contribution in [-0.4, -0.2) is 39.1 Å². The summed E-state index contributed by atoms with van der Waals surface area (Å²) in [5, 5.41) is 0. The minimum Gasteiger partial charge on any atom is -0.373 e. The molecule has 0 saturated carbocycles. The number of hydrogen-bond donors (Lipinski definition) is 0. The van der Waals surface area contributed by atoms with Gasteiger partial charge in [-0.15, -0.1) is 0 Å². The molecule has 0 aliphatic carbocycles. The second kappa shape index (κ2) is 5.51. The topological polar surface area (TPSA) is 91.1 Å². The van der Waals surface area contributed by atoms with Crippen molar-refractivity contribution < 1.29 is 9.47 Å². The lowest BCUT2D eigenvalue weighted by molar-refractivity contribution is 0.317. The Hall–Kier alpha value is -1.67. The van der Waals surface area contributed by atoms with Gasteiger partial charge in [-0.2, -0.15) is 0 Å². The zero-order valence-electron chi connectivity index (χ0n) is 13.0. The maximum absolute atomic E-state index is 12.6. The van der Waals surface area contributed by atoms with Crippen LogP contribution in [0.25, 0.3) is 0 Å². The molecule has 0 spiro atoms. The summed E-state index contributed by atoms with van der Waals surface area (Å²) in [7, 11) is 0. The van der Waals surface area contributed by atoms with Crippen LogP contribution in [0.4, 0.5) is 0 Å². The second-order valence-electron chi connectivity index (χ2n) is 6.29. The Morgan fingerprint density at radius 3 is 2.00 bits per heavy atom. The van der Waals surface area contributed by atoms with Gasteiger partial charge in [0.15, 0.2) is 0 Å². The van der Waals surface area contributed by atoms with Gasteiger partial charge in [-0.1, -0.05) is 0 Å². The maximum Gasteiger partial charge on any atom is 0.336 e. The van der Waals surface area contributed by atoms with Crippen molar-refractivity contribution in [3.05, 3.63) is 31.5 Å². The number of epoxide rings is 2. The predicted molar refractivity (Wildman–Crippen MR) is 78.4 cm³/mol. The zero-order chi connectivity index (χ0) is 16.0. The first-order valence-corrected chi connectivity index (χ1v) is 7.61. The summed E-state index contributed by atoms with van der Waals surface area (Å²) >= 11 is 0. The fraction of sp³-hybridized carbons (Fsp3) is 0.786. The average Bonchev–Trinajstić information content (AvgIpc) is 3.29. The molecule has 0 amide bonds. The third-order valence-electron chi connectivity index (χ3n) is 4.04. The van der Waals surface area contributed by atoms with E-state index in [1.54, 1.807) is 20.8 Å². The second-order valence-corrected chi connectivity index (χ2v) is 6.29. The van der Waals surface area contributed by atoms with Gasteiger partial charge in [0, 0.05) is 12.1 Å². The Kier molecular flexibility index (Phi) is 3.82. The molecule has 3 atom stereocenters. The van der Waals surface area contributed by atoms with E-state index in [-0.39, 0.29) is 30.8 Å². The van der Waals surface area contributed by atoms with E-state index in [1.165, 1.54) is 4.57 Å². The predicted octanol–water partition coefficient (Wildman–Crippen LogP) is -0.499. The van der Waals surface area contributed by atoms with Crippen LogP contribution in [0.3, 0.4) is 0 Å². The molecule has 0 bridgehead atoms. The van der Waals surface area contributed by atoms with Gasteiger partial charge >= 0.3 is 17.1 Å². The summed E-state index contributed by atoms with van der Waals surface area (Å²) in [5.41, 5.74) is -1.67. The number of nitrogens with zero attached hydrogens (tertiary/aromatic N) is 3. The lowest BCUT2D eigenvalue weighted by Gasteiger charge is -2.19. The highest BCUT2D eigenvalue weighted by atomic mass is 16.6. The van der Waals surface area contributed by atoms with Gasteiger partial charge in [0.05, 0.1) is 32.0 Å². The van der Waals surface area contributed by atoms with E-state index in [2.05, 4.69) is 0 Å². The Labute approximate surface area is 126 Å². The number of aromatic nitrogens is 3. The average molecular weight is 311 g/mol. The van der Waals surface area contributed by atoms with E-state index < -0.39 is 17.1 Å². The molecule has 2 aliphatic heterocycles. The molecule has 3 rings (SSSR count). The molecular weight excluding hydrogens is 290 g/mol. The Balaban J connectivity index is 2.13. The smallest absolute Gasteiger partial charge is 0.336 e. The fourth-order valence-electron chi connectivity index (χ4n) is 2.66. The van der Waals surface area contributed by atoms with Crippen molar-refractivity contribution in [1.29, 1.82) is 0 Å². The van der Waals surface area contributed by atoms with Crippen LogP contribution in [0.15, 0.2) is 14.4 Å². The quantitative estimate of drug-likeness (QED) is 0.661. The van der Waals surface area contributed by atoms with Crippen molar-refractivity contribution in [1.82, 2.24) is 13.7 Å². The molecule has 1 aromatic rings. The molecule has 2 aliphatic rings. The summed E-state index contributed by atoms with van der Waals surface area (Å²) < 4.78 is 13.7. The standard InChI is InChI=1S/C14H21N3O5/c1-8(2)16-12(18)15(5-11-7-22-11)13(19)17(14(16)20)9(3)4-10-6-21-10/h8-11H,4-7H2,1-3H3. The normalized spacial score (nSPS) is 24.5. The largest absolute Gasteiger partial charge is 0.373 e. The highest BCUT2D eigenvalue weighted by Crippen LogP contribution is 2.20. The van der Waals surface area contributed by atoms with E-state index in [0.717, 1.165) is 9.13 Å². The van der Waals surface area contributed by atoms with Gasteiger partial charge in [-0.05, 0) is 27.2 Å². The fourth-order valence-corrected chi connectivity index (χ4v) is 2.66. The van der Waals surface area contributed by atoms with Gasteiger partial charge in [0.2, 0.25) is 0 Å². The molecule has 8 heteroatoms. The van der Waals surface area contributed by atoms with Crippen LogP contribution in [0.2, 0.25) is 0 Å².